The monoisotopic (exact) mass is 240 g/mol. The van der Waals surface area contributed by atoms with E-state index in [4.69, 9.17) is 5.73 Å². The van der Waals surface area contributed by atoms with Crippen molar-refractivity contribution < 1.29 is 4.79 Å². The Balaban J connectivity index is 2.31. The Bertz CT molecular complexity index is 242. The summed E-state index contributed by atoms with van der Waals surface area (Å²) in [5.41, 5.74) is 5.87. The van der Waals surface area contributed by atoms with Crippen LogP contribution in [0.3, 0.4) is 0 Å². The summed E-state index contributed by atoms with van der Waals surface area (Å²) in [4.78, 5) is 11.9. The molecular weight excluding hydrogens is 212 g/mol. The van der Waals surface area contributed by atoms with Crippen molar-refractivity contribution in [2.24, 2.45) is 17.6 Å². The zero-order valence-electron chi connectivity index (χ0n) is 11.5. The van der Waals surface area contributed by atoms with Crippen molar-refractivity contribution in [3.8, 4) is 0 Å². The highest BCUT2D eigenvalue weighted by molar-refractivity contribution is 5.81. The minimum atomic E-state index is -0.315. The lowest BCUT2D eigenvalue weighted by Gasteiger charge is -2.33. The SMILES string of the molecule is CCCC[C@H](N)C(=O)NC1CCC(C)C(C)C1. The molecule has 0 aliphatic heterocycles. The third-order valence-electron chi connectivity index (χ3n) is 4.15. The molecule has 1 fully saturated rings. The summed E-state index contributed by atoms with van der Waals surface area (Å²) in [6.07, 6.45) is 6.37. The molecule has 0 aromatic heterocycles. The highest BCUT2D eigenvalue weighted by Crippen LogP contribution is 2.29. The predicted octanol–water partition coefficient (Wildman–Crippen LogP) is 2.44. The maximum absolute atomic E-state index is 11.9. The minimum absolute atomic E-state index is 0.0465. The van der Waals surface area contributed by atoms with Crippen LogP contribution >= 0.6 is 0 Å². The van der Waals surface area contributed by atoms with Crippen LogP contribution in [0.25, 0.3) is 0 Å². The van der Waals surface area contributed by atoms with Gasteiger partial charge >= 0.3 is 0 Å². The fourth-order valence-electron chi connectivity index (χ4n) is 2.54. The Hall–Kier alpha value is -0.570. The number of unbranched alkanes of at least 4 members (excludes halogenated alkanes) is 1. The Kier molecular flexibility index (Phi) is 5.96. The molecule has 0 heterocycles. The van der Waals surface area contributed by atoms with Crippen LogP contribution in [0.5, 0.6) is 0 Å². The van der Waals surface area contributed by atoms with E-state index in [0.29, 0.717) is 12.0 Å². The second-order valence-corrected chi connectivity index (χ2v) is 5.72. The van der Waals surface area contributed by atoms with Crippen molar-refractivity contribution in [2.45, 2.75) is 71.4 Å². The van der Waals surface area contributed by atoms with Gasteiger partial charge in [0.25, 0.3) is 0 Å². The predicted molar refractivity (Wildman–Crippen MR) is 71.6 cm³/mol. The van der Waals surface area contributed by atoms with E-state index in [1.807, 2.05) is 0 Å². The first-order chi connectivity index (χ1) is 8.04. The molecule has 0 aromatic carbocycles. The summed E-state index contributed by atoms with van der Waals surface area (Å²) in [5.74, 6) is 1.54. The van der Waals surface area contributed by atoms with E-state index in [0.717, 1.165) is 38.0 Å². The highest BCUT2D eigenvalue weighted by Gasteiger charge is 2.26. The van der Waals surface area contributed by atoms with Crippen molar-refractivity contribution in [3.63, 3.8) is 0 Å². The van der Waals surface area contributed by atoms with Crippen molar-refractivity contribution >= 4 is 5.91 Å². The van der Waals surface area contributed by atoms with Crippen LogP contribution in [0.15, 0.2) is 0 Å². The van der Waals surface area contributed by atoms with Crippen molar-refractivity contribution in [1.29, 1.82) is 0 Å². The quantitative estimate of drug-likeness (QED) is 0.775. The van der Waals surface area contributed by atoms with E-state index in [-0.39, 0.29) is 11.9 Å². The van der Waals surface area contributed by atoms with E-state index in [9.17, 15) is 4.79 Å². The Morgan fingerprint density at radius 3 is 2.65 bits per heavy atom. The van der Waals surface area contributed by atoms with Gasteiger partial charge in [0.05, 0.1) is 6.04 Å². The zero-order valence-corrected chi connectivity index (χ0v) is 11.5. The maximum Gasteiger partial charge on any atom is 0.237 e. The molecule has 3 nitrogen and oxygen atoms in total. The maximum atomic E-state index is 11.9. The fraction of sp³-hybridized carbons (Fsp3) is 0.929. The second kappa shape index (κ2) is 7.00. The van der Waals surface area contributed by atoms with Gasteiger partial charge in [0, 0.05) is 6.04 Å². The molecule has 0 aromatic rings. The van der Waals surface area contributed by atoms with Gasteiger partial charge in [0.2, 0.25) is 5.91 Å². The molecule has 4 atom stereocenters. The second-order valence-electron chi connectivity index (χ2n) is 5.72. The Morgan fingerprint density at radius 1 is 1.35 bits per heavy atom. The molecular formula is C14H28N2O. The third kappa shape index (κ3) is 4.66. The summed E-state index contributed by atoms with van der Waals surface area (Å²) >= 11 is 0. The normalized spacial score (nSPS) is 30.9. The van der Waals surface area contributed by atoms with Crippen LogP contribution in [0.1, 0.15) is 59.3 Å². The molecule has 1 saturated carbocycles. The highest BCUT2D eigenvalue weighted by atomic mass is 16.2. The van der Waals surface area contributed by atoms with Gasteiger partial charge in [-0.2, -0.15) is 0 Å². The molecule has 0 radical (unpaired) electrons. The summed E-state index contributed by atoms with van der Waals surface area (Å²) in [6, 6.07) is 0.0333. The fourth-order valence-corrected chi connectivity index (χ4v) is 2.54. The molecule has 3 N–H and O–H groups in total. The smallest absolute Gasteiger partial charge is 0.237 e. The van der Waals surface area contributed by atoms with E-state index >= 15 is 0 Å². The van der Waals surface area contributed by atoms with Gasteiger partial charge in [-0.05, 0) is 37.5 Å². The minimum Gasteiger partial charge on any atom is -0.352 e. The first kappa shape index (κ1) is 14.5. The molecule has 0 saturated heterocycles. The molecule has 0 spiro atoms. The summed E-state index contributed by atoms with van der Waals surface area (Å²) < 4.78 is 0. The van der Waals surface area contributed by atoms with Gasteiger partial charge in [0.1, 0.15) is 0 Å². The van der Waals surface area contributed by atoms with Gasteiger partial charge in [-0.1, -0.05) is 33.6 Å². The number of carbonyl (C=O) groups is 1. The van der Waals surface area contributed by atoms with Gasteiger partial charge in [-0.3, -0.25) is 4.79 Å². The largest absolute Gasteiger partial charge is 0.352 e. The number of nitrogens with two attached hydrogens (primary N) is 1. The first-order valence-corrected chi connectivity index (χ1v) is 7.10. The number of amides is 1. The number of hydrogen-bond donors (Lipinski definition) is 2. The molecule has 1 aliphatic rings. The zero-order chi connectivity index (χ0) is 12.8. The summed E-state index contributed by atoms with van der Waals surface area (Å²) in [5, 5.41) is 3.11. The van der Waals surface area contributed by atoms with Crippen LogP contribution in [0.4, 0.5) is 0 Å². The Labute approximate surface area is 106 Å². The lowest BCUT2D eigenvalue weighted by atomic mass is 9.79. The lowest BCUT2D eigenvalue weighted by molar-refractivity contribution is -0.123. The van der Waals surface area contributed by atoms with Gasteiger partial charge < -0.3 is 11.1 Å². The number of hydrogen-bond acceptors (Lipinski definition) is 2. The Morgan fingerprint density at radius 2 is 2.06 bits per heavy atom. The van der Waals surface area contributed by atoms with E-state index in [2.05, 4.69) is 26.1 Å². The van der Waals surface area contributed by atoms with Gasteiger partial charge in [0.15, 0.2) is 0 Å². The van der Waals surface area contributed by atoms with Crippen LogP contribution < -0.4 is 11.1 Å². The van der Waals surface area contributed by atoms with E-state index in [1.165, 1.54) is 6.42 Å². The van der Waals surface area contributed by atoms with Gasteiger partial charge in [-0.15, -0.1) is 0 Å². The standard InChI is InChI=1S/C14H28N2O/c1-4-5-6-13(15)14(17)16-12-8-7-10(2)11(3)9-12/h10-13H,4-9,15H2,1-3H3,(H,16,17)/t10?,11?,12?,13-/m0/s1. The van der Waals surface area contributed by atoms with E-state index in [1.54, 1.807) is 0 Å². The summed E-state index contributed by atoms with van der Waals surface area (Å²) in [7, 11) is 0. The van der Waals surface area contributed by atoms with Crippen molar-refractivity contribution in [2.75, 3.05) is 0 Å². The van der Waals surface area contributed by atoms with Crippen LogP contribution in [0, 0.1) is 11.8 Å². The van der Waals surface area contributed by atoms with E-state index < -0.39 is 0 Å². The summed E-state index contributed by atoms with van der Waals surface area (Å²) in [6.45, 7) is 6.70. The van der Waals surface area contributed by atoms with Crippen LogP contribution in [-0.4, -0.2) is 18.0 Å². The molecule has 1 aliphatic carbocycles. The molecule has 1 rings (SSSR count). The molecule has 17 heavy (non-hydrogen) atoms. The average Bonchev–Trinajstić information content (AvgIpc) is 2.30. The topological polar surface area (TPSA) is 55.1 Å². The van der Waals surface area contributed by atoms with Crippen LogP contribution in [-0.2, 0) is 4.79 Å². The number of nitrogens with one attached hydrogen (secondary N) is 1. The molecule has 100 valence electrons. The number of carbonyl (C=O) groups excluding carboxylic acids is 1. The molecule has 0 bridgehead atoms. The van der Waals surface area contributed by atoms with Crippen molar-refractivity contribution in [1.82, 2.24) is 5.32 Å². The lowest BCUT2D eigenvalue weighted by Crippen LogP contribution is -2.47. The molecule has 3 heteroatoms. The van der Waals surface area contributed by atoms with Crippen LogP contribution in [0.2, 0.25) is 0 Å². The molecule has 3 unspecified atom stereocenters. The van der Waals surface area contributed by atoms with Crippen molar-refractivity contribution in [3.05, 3.63) is 0 Å². The molecule has 1 amide bonds. The van der Waals surface area contributed by atoms with Gasteiger partial charge in [-0.25, -0.2) is 0 Å². The number of rotatable bonds is 5. The third-order valence-corrected chi connectivity index (χ3v) is 4.15. The first-order valence-electron chi connectivity index (χ1n) is 7.10. The average molecular weight is 240 g/mol.